The number of nitrogens with two attached hydrogens (primary N) is 1. The summed E-state index contributed by atoms with van der Waals surface area (Å²) in [6.07, 6.45) is 3.19. The van der Waals surface area contributed by atoms with Gasteiger partial charge in [-0.25, -0.2) is 38.1 Å². The van der Waals surface area contributed by atoms with Crippen LogP contribution in [-0.2, 0) is 33.2 Å². The Kier molecular flexibility index (Phi) is 8.46. The summed E-state index contributed by atoms with van der Waals surface area (Å²) in [7, 11) is 0.216. The minimum absolute atomic E-state index is 0.0303. The summed E-state index contributed by atoms with van der Waals surface area (Å²) >= 11 is 0. The quantitative estimate of drug-likeness (QED) is 0.251. The molecule has 0 atom stereocenters. The maximum Gasteiger partial charge on any atom is 0.359 e. The fourth-order valence-electron chi connectivity index (χ4n) is 4.55. The Morgan fingerprint density at radius 2 is 1.90 bits per heavy atom. The van der Waals surface area contributed by atoms with Crippen molar-refractivity contribution in [3.05, 3.63) is 48.0 Å². The number of sulfonamides is 1. The second kappa shape index (κ2) is 12.2. The van der Waals surface area contributed by atoms with Gasteiger partial charge in [0.25, 0.3) is 0 Å². The number of imidazole rings is 1. The van der Waals surface area contributed by atoms with Crippen LogP contribution >= 0.6 is 0 Å². The fourth-order valence-corrected chi connectivity index (χ4v) is 5.68. The van der Waals surface area contributed by atoms with Gasteiger partial charge < -0.3 is 23.9 Å². The minimum Gasteiger partial charge on any atom is -0.378 e. The summed E-state index contributed by atoms with van der Waals surface area (Å²) in [4.78, 5) is 42.9. The van der Waals surface area contributed by atoms with Gasteiger partial charge in [-0.3, -0.25) is 4.72 Å². The van der Waals surface area contributed by atoms with E-state index in [2.05, 4.69) is 24.4 Å². The number of hydrogen-bond donors (Lipinski definition) is 2. The molecule has 0 aliphatic carbocycles. The smallest absolute Gasteiger partial charge is 0.359 e. The van der Waals surface area contributed by atoms with Crippen LogP contribution in [0.1, 0.15) is 29.5 Å². The van der Waals surface area contributed by atoms with E-state index >= 15 is 0 Å². The van der Waals surface area contributed by atoms with E-state index in [0.29, 0.717) is 85.1 Å². The average Bonchev–Trinajstić information content (AvgIpc) is 3.31. The summed E-state index contributed by atoms with van der Waals surface area (Å²) in [6.45, 7) is 4.54. The topological polar surface area (TPSA) is 184 Å². The fraction of sp³-hybridized carbons (Fsp3) is 0.385. The molecular weight excluding hydrogens is 564 g/mol. The van der Waals surface area contributed by atoms with Gasteiger partial charge in [0.15, 0.2) is 22.8 Å². The molecule has 1 saturated heterocycles. The second-order valence-electron chi connectivity index (χ2n) is 9.76. The zero-order valence-electron chi connectivity index (χ0n) is 23.5. The standard InChI is InChI=1S/C26H32N10O5S/c1-4-12-42(38,39)33-19-7-5-6-17(13-19)22-31-23-21(24(32-22)36-8-10-40-11-9-36)30-20(35(23)3)16-34(2)26-28-14-18(15-29-26)25(37)41-27/h5-7,13-15,33H,4,8-12,16,27H2,1-3H3. The number of nitrogens with one attached hydrogen (secondary N) is 1. The molecular formula is C26H32N10O5S. The maximum atomic E-state index is 12.4. The van der Waals surface area contributed by atoms with E-state index < -0.39 is 16.0 Å². The van der Waals surface area contributed by atoms with E-state index in [9.17, 15) is 13.2 Å². The van der Waals surface area contributed by atoms with Crippen LogP contribution in [-0.4, -0.2) is 83.0 Å². The van der Waals surface area contributed by atoms with Crippen molar-refractivity contribution in [3.8, 4) is 11.4 Å². The Morgan fingerprint density at radius 1 is 1.17 bits per heavy atom. The van der Waals surface area contributed by atoms with Gasteiger partial charge in [-0.1, -0.05) is 19.1 Å². The third-order valence-electron chi connectivity index (χ3n) is 6.67. The van der Waals surface area contributed by atoms with E-state index in [1.807, 2.05) is 24.6 Å². The molecule has 16 heteroatoms. The van der Waals surface area contributed by atoms with Crippen LogP contribution in [0.2, 0.25) is 0 Å². The first-order valence-corrected chi connectivity index (χ1v) is 15.0. The predicted molar refractivity (Wildman–Crippen MR) is 156 cm³/mol. The molecule has 0 spiro atoms. The first kappa shape index (κ1) is 29.1. The third-order valence-corrected chi connectivity index (χ3v) is 8.16. The van der Waals surface area contributed by atoms with Gasteiger partial charge in [0.1, 0.15) is 5.82 Å². The van der Waals surface area contributed by atoms with Gasteiger partial charge in [-0.15, -0.1) is 0 Å². The summed E-state index contributed by atoms with van der Waals surface area (Å²) in [5.74, 6) is 6.40. The van der Waals surface area contributed by atoms with E-state index in [0.717, 1.165) is 0 Å². The molecule has 4 heterocycles. The van der Waals surface area contributed by atoms with Crippen LogP contribution < -0.4 is 20.4 Å². The van der Waals surface area contributed by atoms with E-state index in [-0.39, 0.29) is 11.3 Å². The van der Waals surface area contributed by atoms with Crippen LogP contribution in [0.3, 0.4) is 0 Å². The lowest BCUT2D eigenvalue weighted by Gasteiger charge is -2.28. The highest BCUT2D eigenvalue weighted by atomic mass is 32.2. The van der Waals surface area contributed by atoms with E-state index in [1.54, 1.807) is 30.1 Å². The monoisotopic (exact) mass is 596 g/mol. The number of rotatable bonds is 10. The number of morpholine rings is 1. The largest absolute Gasteiger partial charge is 0.378 e. The Labute approximate surface area is 242 Å². The summed E-state index contributed by atoms with van der Waals surface area (Å²) in [5.41, 5.74) is 2.48. The van der Waals surface area contributed by atoms with Gasteiger partial charge in [0, 0.05) is 50.8 Å². The normalized spacial score (nSPS) is 13.8. The minimum atomic E-state index is -3.46. The summed E-state index contributed by atoms with van der Waals surface area (Å²) < 4.78 is 34.8. The van der Waals surface area contributed by atoms with Crippen molar-refractivity contribution >= 4 is 44.6 Å². The molecule has 1 aliphatic rings. The highest BCUT2D eigenvalue weighted by Gasteiger charge is 2.23. The Bertz CT molecular complexity index is 1690. The van der Waals surface area contributed by atoms with Crippen LogP contribution in [0.25, 0.3) is 22.6 Å². The molecule has 1 aromatic carbocycles. The van der Waals surface area contributed by atoms with Gasteiger partial charge >= 0.3 is 5.97 Å². The summed E-state index contributed by atoms with van der Waals surface area (Å²) in [6, 6.07) is 7.03. The van der Waals surface area contributed by atoms with Crippen molar-refractivity contribution in [1.82, 2.24) is 29.5 Å². The van der Waals surface area contributed by atoms with Crippen LogP contribution in [0.5, 0.6) is 0 Å². The van der Waals surface area contributed by atoms with Gasteiger partial charge in [0.05, 0.1) is 31.1 Å². The van der Waals surface area contributed by atoms with Crippen molar-refractivity contribution in [3.63, 3.8) is 0 Å². The first-order valence-electron chi connectivity index (χ1n) is 13.3. The number of aromatic nitrogens is 6. The molecule has 222 valence electrons. The second-order valence-corrected chi connectivity index (χ2v) is 11.6. The molecule has 4 aromatic rings. The van der Waals surface area contributed by atoms with E-state index in [4.69, 9.17) is 25.6 Å². The molecule has 0 amide bonds. The van der Waals surface area contributed by atoms with Crippen molar-refractivity contribution in [2.45, 2.75) is 19.9 Å². The molecule has 42 heavy (non-hydrogen) atoms. The molecule has 5 rings (SSSR count). The van der Waals surface area contributed by atoms with Crippen molar-refractivity contribution in [2.24, 2.45) is 12.9 Å². The number of nitrogens with zero attached hydrogens (tertiary/aromatic N) is 8. The van der Waals surface area contributed by atoms with Crippen LogP contribution in [0.15, 0.2) is 36.7 Å². The number of ether oxygens (including phenoxy) is 1. The number of carbonyl (C=O) groups excluding carboxylic acids is 1. The zero-order valence-corrected chi connectivity index (χ0v) is 24.3. The molecule has 0 saturated carbocycles. The number of hydrogen-bond acceptors (Lipinski definition) is 13. The third kappa shape index (κ3) is 6.24. The van der Waals surface area contributed by atoms with Crippen molar-refractivity contribution in [2.75, 3.05) is 53.6 Å². The highest BCUT2D eigenvalue weighted by molar-refractivity contribution is 7.92. The number of fused-ring (bicyclic) bond motifs is 1. The van der Waals surface area contributed by atoms with Crippen LogP contribution in [0.4, 0.5) is 17.5 Å². The molecule has 3 aromatic heterocycles. The van der Waals surface area contributed by atoms with Gasteiger partial charge in [-0.2, -0.15) is 5.90 Å². The Balaban J connectivity index is 1.52. The molecule has 0 bridgehead atoms. The lowest BCUT2D eigenvalue weighted by molar-refractivity contribution is 0.0502. The molecule has 1 aliphatic heterocycles. The lowest BCUT2D eigenvalue weighted by Crippen LogP contribution is -2.37. The molecule has 3 N–H and O–H groups in total. The van der Waals surface area contributed by atoms with E-state index in [1.165, 1.54) is 12.4 Å². The Hall–Kier alpha value is -4.41. The maximum absolute atomic E-state index is 12.4. The molecule has 0 radical (unpaired) electrons. The first-order chi connectivity index (χ1) is 20.2. The van der Waals surface area contributed by atoms with Crippen molar-refractivity contribution < 1.29 is 22.8 Å². The number of anilines is 3. The van der Waals surface area contributed by atoms with Gasteiger partial charge in [-0.05, 0) is 18.6 Å². The summed E-state index contributed by atoms with van der Waals surface area (Å²) in [5, 5.41) is 0. The SMILES string of the molecule is CCCS(=O)(=O)Nc1cccc(-c2nc(N3CCOCC3)c3nc(CN(C)c4ncc(C(=O)ON)cn4)n(C)c3n2)c1. The molecule has 0 unspecified atom stereocenters. The zero-order chi connectivity index (χ0) is 29.9. The highest BCUT2D eigenvalue weighted by Crippen LogP contribution is 2.30. The van der Waals surface area contributed by atoms with Crippen LogP contribution in [0, 0.1) is 0 Å². The number of carbonyl (C=O) groups is 1. The Morgan fingerprint density at radius 3 is 2.60 bits per heavy atom. The lowest BCUT2D eigenvalue weighted by atomic mass is 10.2. The van der Waals surface area contributed by atoms with Gasteiger partial charge in [0.2, 0.25) is 16.0 Å². The average molecular weight is 597 g/mol. The predicted octanol–water partition coefficient (Wildman–Crippen LogP) is 1.48. The van der Waals surface area contributed by atoms with Crippen molar-refractivity contribution in [1.29, 1.82) is 0 Å². The number of aryl methyl sites for hydroxylation is 1. The molecule has 1 fully saturated rings. The molecule has 15 nitrogen and oxygen atoms in total. The number of benzene rings is 1.